The molecule has 0 aliphatic carbocycles. The molecule has 2 aromatic heterocycles. The van der Waals surface area contributed by atoms with Gasteiger partial charge in [-0.1, -0.05) is 29.6 Å². The predicted octanol–water partition coefficient (Wildman–Crippen LogP) is 1.30. The number of nitrogens with zero attached hydrogens (tertiary/aromatic N) is 2. The Labute approximate surface area is 108 Å². The molecule has 0 amide bonds. The number of thiazole rings is 1. The average Bonchev–Trinajstić information content (AvgIpc) is 2.61. The fourth-order valence-electron chi connectivity index (χ4n) is 1.55. The number of nitrogens with two attached hydrogens (primary N) is 1. The zero-order valence-electron chi connectivity index (χ0n) is 9.21. The maximum Gasteiger partial charge on any atom is 0.307 e. The Morgan fingerprint density at radius 1 is 1.65 bits per heavy atom. The normalized spacial score (nSPS) is 10.4. The molecule has 88 valence electrons. The molecule has 2 N–H and O–H groups in total. The lowest BCUT2D eigenvalue weighted by molar-refractivity contribution is 0.750. The summed E-state index contributed by atoms with van der Waals surface area (Å²) in [5.41, 5.74) is 7.98. The maximum atomic E-state index is 11.6. The Kier molecular flexibility index (Phi) is 3.35. The van der Waals surface area contributed by atoms with Gasteiger partial charge in [0.1, 0.15) is 10.7 Å². The van der Waals surface area contributed by atoms with Crippen LogP contribution < -0.4 is 10.6 Å². The van der Waals surface area contributed by atoms with Crippen LogP contribution in [0.15, 0.2) is 28.5 Å². The molecule has 0 aliphatic rings. The highest BCUT2D eigenvalue weighted by atomic mass is 32.1. The molecule has 4 nitrogen and oxygen atoms in total. The maximum absolute atomic E-state index is 11.6. The molecule has 0 atom stereocenters. The number of hydrogen-bond acceptors (Lipinski definition) is 4. The average molecular weight is 265 g/mol. The molecular formula is C11H11N3OS2. The Bertz CT molecular complexity index is 615. The lowest BCUT2D eigenvalue weighted by Crippen LogP contribution is -2.20. The van der Waals surface area contributed by atoms with E-state index in [1.165, 1.54) is 11.3 Å². The quantitative estimate of drug-likeness (QED) is 0.850. The van der Waals surface area contributed by atoms with E-state index in [4.69, 9.17) is 18.0 Å². The standard InChI is InChI=1S/C11H11N3OS2/c1-7-6-17-11(15)14(7)5-8-3-2-4-13-9(8)10(12)16/h2-4,6H,5H2,1H3,(H2,12,16). The minimum atomic E-state index is 0.0141. The highest BCUT2D eigenvalue weighted by Crippen LogP contribution is 2.09. The Morgan fingerprint density at radius 3 is 3.00 bits per heavy atom. The zero-order valence-corrected chi connectivity index (χ0v) is 10.8. The summed E-state index contributed by atoms with van der Waals surface area (Å²) in [6.45, 7) is 2.35. The molecule has 0 radical (unpaired) electrons. The summed E-state index contributed by atoms with van der Waals surface area (Å²) in [4.78, 5) is 16.0. The number of aromatic nitrogens is 2. The van der Waals surface area contributed by atoms with Crippen LogP contribution in [0.2, 0.25) is 0 Å². The number of thiocarbonyl (C=S) groups is 1. The van der Waals surface area contributed by atoms with E-state index < -0.39 is 0 Å². The molecule has 0 saturated carbocycles. The van der Waals surface area contributed by atoms with Crippen LogP contribution in [-0.4, -0.2) is 14.5 Å². The smallest absolute Gasteiger partial charge is 0.307 e. The van der Waals surface area contributed by atoms with Gasteiger partial charge >= 0.3 is 4.87 Å². The van der Waals surface area contributed by atoms with Crippen molar-refractivity contribution in [3.63, 3.8) is 0 Å². The summed E-state index contributed by atoms with van der Waals surface area (Å²) < 4.78 is 1.68. The second-order valence-electron chi connectivity index (χ2n) is 3.60. The van der Waals surface area contributed by atoms with Gasteiger partial charge in [0.05, 0.1) is 6.54 Å². The molecule has 0 aliphatic heterocycles. The molecular weight excluding hydrogens is 254 g/mol. The number of rotatable bonds is 3. The third-order valence-corrected chi connectivity index (χ3v) is 3.50. The molecule has 0 bridgehead atoms. The molecule has 0 aromatic carbocycles. The third-order valence-electron chi connectivity index (χ3n) is 2.43. The van der Waals surface area contributed by atoms with Gasteiger partial charge in [-0.15, -0.1) is 0 Å². The van der Waals surface area contributed by atoms with Crippen LogP contribution in [0.3, 0.4) is 0 Å². The molecule has 6 heteroatoms. The first-order valence-electron chi connectivity index (χ1n) is 4.98. The van der Waals surface area contributed by atoms with Crippen molar-refractivity contribution in [2.45, 2.75) is 13.5 Å². The van der Waals surface area contributed by atoms with Gasteiger partial charge in [0.15, 0.2) is 0 Å². The summed E-state index contributed by atoms with van der Waals surface area (Å²) >= 11 is 6.13. The Balaban J connectivity index is 2.43. The molecule has 0 saturated heterocycles. The van der Waals surface area contributed by atoms with Gasteiger partial charge in [0.2, 0.25) is 0 Å². The topological polar surface area (TPSA) is 60.9 Å². The van der Waals surface area contributed by atoms with E-state index in [0.29, 0.717) is 12.2 Å². The Hall–Kier alpha value is -1.53. The first-order chi connectivity index (χ1) is 8.09. The van der Waals surface area contributed by atoms with E-state index in [-0.39, 0.29) is 9.86 Å². The van der Waals surface area contributed by atoms with Crippen LogP contribution in [0.25, 0.3) is 0 Å². The fourth-order valence-corrected chi connectivity index (χ4v) is 2.47. The van der Waals surface area contributed by atoms with Crippen LogP contribution in [-0.2, 0) is 6.54 Å². The number of pyridine rings is 1. The van der Waals surface area contributed by atoms with E-state index >= 15 is 0 Å². The summed E-state index contributed by atoms with van der Waals surface area (Å²) in [5, 5.41) is 1.83. The summed E-state index contributed by atoms with van der Waals surface area (Å²) in [6.07, 6.45) is 1.64. The van der Waals surface area contributed by atoms with Crippen molar-refractivity contribution in [3.8, 4) is 0 Å². The predicted molar refractivity (Wildman–Crippen MR) is 72.5 cm³/mol. The minimum Gasteiger partial charge on any atom is -0.388 e. The zero-order chi connectivity index (χ0) is 12.4. The van der Waals surface area contributed by atoms with Crippen molar-refractivity contribution in [2.24, 2.45) is 5.73 Å². The van der Waals surface area contributed by atoms with Gasteiger partial charge in [0, 0.05) is 22.8 Å². The third kappa shape index (κ3) is 2.42. The van der Waals surface area contributed by atoms with Crippen molar-refractivity contribution in [1.29, 1.82) is 0 Å². The SMILES string of the molecule is Cc1csc(=O)n1Cc1cccnc1C(N)=S. The fraction of sp³-hybridized carbons (Fsp3) is 0.182. The lowest BCUT2D eigenvalue weighted by Gasteiger charge is -2.08. The number of hydrogen-bond donors (Lipinski definition) is 1. The van der Waals surface area contributed by atoms with E-state index in [2.05, 4.69) is 4.98 Å². The largest absolute Gasteiger partial charge is 0.388 e. The van der Waals surface area contributed by atoms with Gasteiger partial charge in [-0.3, -0.25) is 14.3 Å². The van der Waals surface area contributed by atoms with Crippen LogP contribution in [0.5, 0.6) is 0 Å². The van der Waals surface area contributed by atoms with Gasteiger partial charge in [-0.2, -0.15) is 0 Å². The van der Waals surface area contributed by atoms with E-state index in [9.17, 15) is 4.79 Å². The molecule has 0 unspecified atom stereocenters. The van der Waals surface area contributed by atoms with Crippen LogP contribution >= 0.6 is 23.6 Å². The summed E-state index contributed by atoms with van der Waals surface area (Å²) in [6, 6.07) is 3.69. The molecule has 2 aromatic rings. The van der Waals surface area contributed by atoms with E-state index in [1.807, 2.05) is 24.4 Å². The molecule has 2 heterocycles. The van der Waals surface area contributed by atoms with Gasteiger partial charge < -0.3 is 5.73 Å². The van der Waals surface area contributed by atoms with Crippen molar-refractivity contribution < 1.29 is 0 Å². The van der Waals surface area contributed by atoms with Crippen molar-refractivity contribution in [1.82, 2.24) is 9.55 Å². The van der Waals surface area contributed by atoms with Gasteiger partial charge in [-0.25, -0.2) is 0 Å². The van der Waals surface area contributed by atoms with Crippen molar-refractivity contribution in [2.75, 3.05) is 0 Å². The number of aryl methyl sites for hydroxylation is 1. The van der Waals surface area contributed by atoms with Crippen LogP contribution in [0, 0.1) is 6.92 Å². The first kappa shape index (κ1) is 11.9. The highest BCUT2D eigenvalue weighted by Gasteiger charge is 2.09. The lowest BCUT2D eigenvalue weighted by atomic mass is 10.2. The van der Waals surface area contributed by atoms with Crippen molar-refractivity contribution >= 4 is 28.5 Å². The second-order valence-corrected chi connectivity index (χ2v) is 4.86. The van der Waals surface area contributed by atoms with E-state index in [1.54, 1.807) is 10.8 Å². The van der Waals surface area contributed by atoms with E-state index in [0.717, 1.165) is 11.3 Å². The van der Waals surface area contributed by atoms with Crippen LogP contribution in [0.1, 0.15) is 17.0 Å². The molecule has 0 spiro atoms. The minimum absolute atomic E-state index is 0.0141. The summed E-state index contributed by atoms with van der Waals surface area (Å²) in [5.74, 6) is 0. The van der Waals surface area contributed by atoms with Crippen LogP contribution in [0.4, 0.5) is 0 Å². The van der Waals surface area contributed by atoms with Gasteiger partial charge in [0.25, 0.3) is 0 Å². The molecule has 2 rings (SSSR count). The summed E-state index contributed by atoms with van der Waals surface area (Å²) in [7, 11) is 0. The second kappa shape index (κ2) is 4.77. The van der Waals surface area contributed by atoms with Crippen molar-refractivity contribution in [3.05, 3.63) is 50.3 Å². The Morgan fingerprint density at radius 2 is 2.41 bits per heavy atom. The monoisotopic (exact) mass is 265 g/mol. The van der Waals surface area contributed by atoms with Gasteiger partial charge in [-0.05, 0) is 13.0 Å². The first-order valence-corrected chi connectivity index (χ1v) is 6.27. The molecule has 0 fully saturated rings. The molecule has 17 heavy (non-hydrogen) atoms. The highest BCUT2D eigenvalue weighted by molar-refractivity contribution is 7.80.